The van der Waals surface area contributed by atoms with Crippen LogP contribution in [0.15, 0.2) is 54.8 Å². The second-order valence-corrected chi connectivity index (χ2v) is 12.6. The molecule has 1 saturated heterocycles. The normalized spacial score (nSPS) is 21.1. The van der Waals surface area contributed by atoms with Crippen molar-refractivity contribution in [3.63, 3.8) is 0 Å². The van der Waals surface area contributed by atoms with Gasteiger partial charge in [-0.2, -0.15) is 26.3 Å². The van der Waals surface area contributed by atoms with E-state index in [-0.39, 0.29) is 48.7 Å². The lowest BCUT2D eigenvalue weighted by Gasteiger charge is -2.37. The largest absolute Gasteiger partial charge is 0.453 e. The molecule has 1 aliphatic heterocycles. The zero-order valence-electron chi connectivity index (χ0n) is 27.5. The molecule has 3 aromatic rings. The van der Waals surface area contributed by atoms with E-state index in [0.717, 1.165) is 31.4 Å². The van der Waals surface area contributed by atoms with Crippen molar-refractivity contribution >= 4 is 0 Å². The van der Waals surface area contributed by atoms with Gasteiger partial charge in [-0.25, -0.2) is 22.0 Å². The van der Waals surface area contributed by atoms with Gasteiger partial charge < -0.3 is 23.7 Å². The minimum absolute atomic E-state index is 0.0463. The van der Waals surface area contributed by atoms with E-state index < -0.39 is 75.8 Å². The van der Waals surface area contributed by atoms with Gasteiger partial charge in [0, 0.05) is 36.1 Å². The summed E-state index contributed by atoms with van der Waals surface area (Å²) in [6, 6.07) is 2.99. The highest BCUT2D eigenvalue weighted by molar-refractivity contribution is 5.38. The molecule has 0 bridgehead atoms. The van der Waals surface area contributed by atoms with Crippen LogP contribution in [0, 0.1) is 40.9 Å². The van der Waals surface area contributed by atoms with E-state index >= 15 is 13.2 Å². The Morgan fingerprint density at radius 1 is 0.750 bits per heavy atom. The van der Waals surface area contributed by atoms with Gasteiger partial charge in [-0.05, 0) is 55.7 Å². The molecule has 52 heavy (non-hydrogen) atoms. The summed E-state index contributed by atoms with van der Waals surface area (Å²) < 4.78 is 181. The highest BCUT2D eigenvalue weighted by Gasteiger charge is 2.44. The van der Waals surface area contributed by atoms with E-state index in [4.69, 9.17) is 9.47 Å². The molecule has 0 unspecified atom stereocenters. The van der Waals surface area contributed by atoms with Gasteiger partial charge in [-0.15, -0.1) is 0 Å². The summed E-state index contributed by atoms with van der Waals surface area (Å²) in [6.07, 6.45) is -6.77. The lowest BCUT2D eigenvalue weighted by molar-refractivity contribution is -0.229. The zero-order chi connectivity index (χ0) is 37.8. The van der Waals surface area contributed by atoms with E-state index in [1.165, 1.54) is 6.07 Å². The maximum Gasteiger partial charge on any atom is 0.432 e. The van der Waals surface area contributed by atoms with Crippen molar-refractivity contribution in [1.29, 1.82) is 0 Å². The van der Waals surface area contributed by atoms with E-state index in [2.05, 4.69) is 21.1 Å². The molecule has 0 atom stereocenters. The standard InChI is InChI=1S/C36H33F11O5/c1-2-3-4-19-16-49-34(50-17-19)21-7-5-20(6-8-21)22-9-10-25(26(37)11-22)35(44,45)51-23-12-27(38)32(28(39)13-23)36(46,47)52-24-14-29(40)33(30(41)15-24)48-18-31(42)43/h9-15,18-21,34H,2-8,16-17H2,1H3. The first-order valence-electron chi connectivity index (χ1n) is 16.4. The fraction of sp³-hybridized carbons (Fsp3) is 0.444. The fourth-order valence-electron chi connectivity index (χ4n) is 6.34. The number of hydrogen-bond donors (Lipinski definition) is 0. The van der Waals surface area contributed by atoms with Gasteiger partial charge in [-0.3, -0.25) is 0 Å². The van der Waals surface area contributed by atoms with Gasteiger partial charge >= 0.3 is 18.3 Å². The summed E-state index contributed by atoms with van der Waals surface area (Å²) >= 11 is 0. The molecule has 5 rings (SSSR count). The first kappa shape index (κ1) is 39.2. The molecular formula is C36H33F11O5. The summed E-state index contributed by atoms with van der Waals surface area (Å²) in [5.74, 6) is -13.0. The molecule has 284 valence electrons. The number of benzene rings is 3. The lowest BCUT2D eigenvalue weighted by atomic mass is 9.78. The number of unbranched alkanes of at least 4 members (excludes halogenated alkanes) is 1. The van der Waals surface area contributed by atoms with Crippen molar-refractivity contribution in [3.8, 4) is 17.2 Å². The maximum absolute atomic E-state index is 15.1. The van der Waals surface area contributed by atoms with Crippen LogP contribution in [0.5, 0.6) is 17.2 Å². The summed E-state index contributed by atoms with van der Waals surface area (Å²) in [6.45, 7) is 3.37. The van der Waals surface area contributed by atoms with Gasteiger partial charge in [0.05, 0.1) is 18.8 Å². The summed E-state index contributed by atoms with van der Waals surface area (Å²) in [5, 5.41) is 0. The van der Waals surface area contributed by atoms with Crippen molar-refractivity contribution < 1.29 is 72.0 Å². The molecule has 2 aliphatic rings. The number of rotatable bonds is 13. The van der Waals surface area contributed by atoms with Gasteiger partial charge in [0.1, 0.15) is 34.5 Å². The second kappa shape index (κ2) is 16.3. The number of halogens is 11. The van der Waals surface area contributed by atoms with E-state index in [1.807, 2.05) is 0 Å². The third-order valence-corrected chi connectivity index (χ3v) is 8.93. The van der Waals surface area contributed by atoms with Crippen molar-refractivity contribution in [2.45, 2.75) is 76.3 Å². The number of alkyl halides is 4. The first-order valence-corrected chi connectivity index (χ1v) is 16.4. The Hall–Kier alpha value is -4.05. The van der Waals surface area contributed by atoms with Crippen LogP contribution in [0.2, 0.25) is 0 Å². The maximum atomic E-state index is 15.1. The molecule has 1 saturated carbocycles. The molecule has 0 N–H and O–H groups in total. The Labute approximate surface area is 291 Å². The van der Waals surface area contributed by atoms with Crippen LogP contribution in [0.4, 0.5) is 48.3 Å². The smallest absolute Gasteiger partial charge is 0.432 e. The topological polar surface area (TPSA) is 46.2 Å². The predicted molar refractivity (Wildman–Crippen MR) is 162 cm³/mol. The Bertz CT molecular complexity index is 1690. The van der Waals surface area contributed by atoms with Crippen LogP contribution in [-0.4, -0.2) is 19.5 Å². The van der Waals surface area contributed by atoms with E-state index in [0.29, 0.717) is 50.4 Å². The molecule has 1 aliphatic carbocycles. The molecule has 3 aromatic carbocycles. The fourth-order valence-corrected chi connectivity index (χ4v) is 6.34. The molecule has 1 heterocycles. The quantitative estimate of drug-likeness (QED) is 0.128. The third-order valence-electron chi connectivity index (χ3n) is 8.93. The van der Waals surface area contributed by atoms with Crippen LogP contribution in [-0.2, 0) is 21.7 Å². The Kier molecular flexibility index (Phi) is 12.3. The first-order chi connectivity index (χ1) is 24.6. The van der Waals surface area contributed by atoms with Crippen molar-refractivity contribution in [2.24, 2.45) is 11.8 Å². The minimum Gasteiger partial charge on any atom is -0.453 e. The Morgan fingerprint density at radius 2 is 1.31 bits per heavy atom. The zero-order valence-corrected chi connectivity index (χ0v) is 27.5. The van der Waals surface area contributed by atoms with Crippen molar-refractivity contribution in [3.05, 3.63) is 101 Å². The summed E-state index contributed by atoms with van der Waals surface area (Å²) in [4.78, 5) is 0. The van der Waals surface area contributed by atoms with Gasteiger partial charge in [0.15, 0.2) is 29.9 Å². The molecule has 2 fully saturated rings. The third kappa shape index (κ3) is 9.29. The molecule has 0 spiro atoms. The van der Waals surface area contributed by atoms with Gasteiger partial charge in [0.2, 0.25) is 0 Å². The highest BCUT2D eigenvalue weighted by atomic mass is 19.3. The van der Waals surface area contributed by atoms with Crippen LogP contribution in [0.3, 0.4) is 0 Å². The molecule has 0 radical (unpaired) electrons. The molecule has 16 heteroatoms. The van der Waals surface area contributed by atoms with E-state index in [1.54, 1.807) is 0 Å². The summed E-state index contributed by atoms with van der Waals surface area (Å²) in [7, 11) is 0. The van der Waals surface area contributed by atoms with Crippen molar-refractivity contribution in [2.75, 3.05) is 13.2 Å². The number of hydrogen-bond acceptors (Lipinski definition) is 5. The van der Waals surface area contributed by atoms with Crippen LogP contribution in [0.25, 0.3) is 0 Å². The predicted octanol–water partition coefficient (Wildman–Crippen LogP) is 11.2. The monoisotopic (exact) mass is 754 g/mol. The molecule has 0 aromatic heterocycles. The van der Waals surface area contributed by atoms with Crippen LogP contribution >= 0.6 is 0 Å². The van der Waals surface area contributed by atoms with Crippen LogP contribution in [0.1, 0.15) is 74.5 Å². The van der Waals surface area contributed by atoms with Crippen LogP contribution < -0.4 is 14.2 Å². The SMILES string of the molecule is CCCCC1COC(C2CCC(c3ccc(C(F)(F)Oc4cc(F)c(C(F)(F)Oc5cc(F)c(OC=C(F)F)c(F)c5)c(F)c4)c(F)c3)CC2)OC1. The average molecular weight is 755 g/mol. The molecule has 5 nitrogen and oxygen atoms in total. The van der Waals surface area contributed by atoms with Crippen molar-refractivity contribution in [1.82, 2.24) is 0 Å². The Balaban J connectivity index is 1.22. The average Bonchev–Trinajstić information content (AvgIpc) is 3.06. The minimum atomic E-state index is -5.00. The lowest BCUT2D eigenvalue weighted by Crippen LogP contribution is -2.38. The molecular weight excluding hydrogens is 721 g/mol. The Morgan fingerprint density at radius 3 is 1.85 bits per heavy atom. The summed E-state index contributed by atoms with van der Waals surface area (Å²) in [5.41, 5.74) is -2.99. The number of ether oxygens (including phenoxy) is 5. The highest BCUT2D eigenvalue weighted by Crippen LogP contribution is 2.43. The van der Waals surface area contributed by atoms with Gasteiger partial charge in [0.25, 0.3) is 0 Å². The molecule has 0 amide bonds. The van der Waals surface area contributed by atoms with Gasteiger partial charge in [-0.1, -0.05) is 25.8 Å². The second-order valence-electron chi connectivity index (χ2n) is 12.6. The van der Waals surface area contributed by atoms with E-state index in [9.17, 15) is 35.1 Å².